The molecule has 25 heavy (non-hydrogen) atoms. The highest BCUT2D eigenvalue weighted by Gasteiger charge is 2.11. The Hall–Kier alpha value is -2.99. The summed E-state index contributed by atoms with van der Waals surface area (Å²) in [5.41, 5.74) is 4.34. The lowest BCUT2D eigenvalue weighted by Crippen LogP contribution is -1.99. The van der Waals surface area contributed by atoms with Gasteiger partial charge >= 0.3 is 0 Å². The summed E-state index contributed by atoms with van der Waals surface area (Å²) in [5, 5.41) is 7.36. The Kier molecular flexibility index (Phi) is 4.03. The Labute approximate surface area is 150 Å². The van der Waals surface area contributed by atoms with E-state index in [4.69, 9.17) is 12.2 Å². The Morgan fingerprint density at radius 3 is 2.60 bits per heavy atom. The van der Waals surface area contributed by atoms with E-state index in [0.29, 0.717) is 4.77 Å². The van der Waals surface area contributed by atoms with Crippen LogP contribution in [0.5, 0.6) is 0 Å². The van der Waals surface area contributed by atoms with Crippen LogP contribution < -0.4 is 0 Å². The van der Waals surface area contributed by atoms with E-state index in [2.05, 4.69) is 46.4 Å². The quantitative estimate of drug-likeness (QED) is 0.559. The fourth-order valence-electron chi connectivity index (χ4n) is 2.85. The first-order valence-electron chi connectivity index (χ1n) is 8.12. The minimum absolute atomic E-state index is 0.576. The fourth-order valence-corrected chi connectivity index (χ4v) is 3.08. The Balaban J connectivity index is 1.78. The summed E-state index contributed by atoms with van der Waals surface area (Å²) >= 11 is 5.46. The van der Waals surface area contributed by atoms with Gasteiger partial charge in [-0.1, -0.05) is 25.1 Å². The van der Waals surface area contributed by atoms with Gasteiger partial charge in [-0.2, -0.15) is 5.10 Å². The molecule has 4 rings (SSSR count). The molecular weight excluding hydrogens is 330 g/mol. The van der Waals surface area contributed by atoms with E-state index in [-0.39, 0.29) is 0 Å². The van der Waals surface area contributed by atoms with Crippen molar-refractivity contribution in [3.05, 3.63) is 77.6 Å². The monoisotopic (exact) mass is 347 g/mol. The average molecular weight is 347 g/mol. The van der Waals surface area contributed by atoms with Crippen LogP contribution in [0.15, 0.2) is 67.3 Å². The van der Waals surface area contributed by atoms with Gasteiger partial charge in [0.05, 0.1) is 12.0 Å². The topological polar surface area (TPSA) is 51.4 Å². The van der Waals surface area contributed by atoms with Crippen molar-refractivity contribution in [2.45, 2.75) is 13.3 Å². The standard InChI is InChI=1S/C19H17N5S/c1-2-14-4-3-5-15(12-14)18-21-22-19(25)24(18)17-8-6-16(7-9-17)23-11-10-20-13-23/h3-13H,2H2,1H3,(H,22,25). The van der Waals surface area contributed by atoms with Crippen molar-refractivity contribution in [3.8, 4) is 22.8 Å². The fraction of sp³-hybridized carbons (Fsp3) is 0.105. The van der Waals surface area contributed by atoms with Crippen molar-refractivity contribution in [2.75, 3.05) is 0 Å². The lowest BCUT2D eigenvalue weighted by molar-refractivity contribution is 1.02. The molecule has 2 aromatic carbocycles. The molecule has 0 aliphatic rings. The second-order valence-corrected chi connectivity index (χ2v) is 6.11. The van der Waals surface area contributed by atoms with Crippen LogP contribution in [0, 0.1) is 4.77 Å². The summed E-state index contributed by atoms with van der Waals surface area (Å²) in [5.74, 6) is 0.815. The first-order chi connectivity index (χ1) is 12.3. The van der Waals surface area contributed by atoms with Gasteiger partial charge in [0, 0.05) is 23.6 Å². The second kappa shape index (κ2) is 6.49. The minimum Gasteiger partial charge on any atom is -0.306 e. The molecule has 0 saturated carbocycles. The molecule has 5 nitrogen and oxygen atoms in total. The van der Waals surface area contributed by atoms with Crippen LogP contribution in [0.4, 0.5) is 0 Å². The molecule has 0 aliphatic carbocycles. The molecule has 2 heterocycles. The van der Waals surface area contributed by atoms with Crippen molar-refractivity contribution in [1.82, 2.24) is 24.3 Å². The maximum atomic E-state index is 5.46. The van der Waals surface area contributed by atoms with Crippen molar-refractivity contribution in [3.63, 3.8) is 0 Å². The zero-order chi connectivity index (χ0) is 17.2. The Morgan fingerprint density at radius 2 is 1.88 bits per heavy atom. The number of hydrogen-bond acceptors (Lipinski definition) is 3. The lowest BCUT2D eigenvalue weighted by atomic mass is 10.1. The highest BCUT2D eigenvalue weighted by atomic mass is 32.1. The average Bonchev–Trinajstić information content (AvgIpc) is 3.32. The first-order valence-corrected chi connectivity index (χ1v) is 8.52. The maximum absolute atomic E-state index is 5.46. The molecule has 2 aromatic heterocycles. The van der Waals surface area contributed by atoms with Crippen LogP contribution in [0.2, 0.25) is 0 Å². The predicted octanol–water partition coefficient (Wildman–Crippen LogP) is 4.34. The largest absolute Gasteiger partial charge is 0.306 e. The molecule has 0 radical (unpaired) electrons. The van der Waals surface area contributed by atoms with Crippen molar-refractivity contribution in [1.29, 1.82) is 0 Å². The van der Waals surface area contributed by atoms with Crippen LogP contribution in [-0.2, 0) is 6.42 Å². The van der Waals surface area contributed by atoms with E-state index >= 15 is 0 Å². The van der Waals surface area contributed by atoms with Crippen LogP contribution in [0.3, 0.4) is 0 Å². The number of imidazole rings is 1. The van der Waals surface area contributed by atoms with Gasteiger partial charge in [-0.3, -0.25) is 9.67 Å². The van der Waals surface area contributed by atoms with Gasteiger partial charge in [-0.25, -0.2) is 4.98 Å². The molecule has 0 atom stereocenters. The summed E-state index contributed by atoms with van der Waals surface area (Å²) < 4.78 is 4.50. The van der Waals surface area contributed by atoms with Gasteiger partial charge in [0.25, 0.3) is 0 Å². The van der Waals surface area contributed by atoms with E-state index in [1.54, 1.807) is 12.5 Å². The van der Waals surface area contributed by atoms with Crippen molar-refractivity contribution < 1.29 is 0 Å². The molecule has 0 saturated heterocycles. The third-order valence-corrected chi connectivity index (χ3v) is 4.45. The van der Waals surface area contributed by atoms with Gasteiger partial charge < -0.3 is 4.57 Å². The van der Waals surface area contributed by atoms with Crippen molar-refractivity contribution in [2.24, 2.45) is 0 Å². The third kappa shape index (κ3) is 2.92. The van der Waals surface area contributed by atoms with E-state index < -0.39 is 0 Å². The van der Waals surface area contributed by atoms with E-state index in [1.807, 2.05) is 39.6 Å². The van der Waals surface area contributed by atoms with Crippen molar-refractivity contribution >= 4 is 12.2 Å². The van der Waals surface area contributed by atoms with Gasteiger partial charge in [-0.05, 0) is 54.5 Å². The molecule has 0 fully saturated rings. The minimum atomic E-state index is 0.576. The van der Waals surface area contributed by atoms with Gasteiger partial charge in [0.1, 0.15) is 0 Å². The number of aromatic nitrogens is 5. The smallest absolute Gasteiger partial charge is 0.200 e. The predicted molar refractivity (Wildman–Crippen MR) is 101 cm³/mol. The normalized spacial score (nSPS) is 10.9. The molecule has 0 bridgehead atoms. The molecule has 1 N–H and O–H groups in total. The summed E-state index contributed by atoms with van der Waals surface area (Å²) in [7, 11) is 0. The number of hydrogen-bond donors (Lipinski definition) is 1. The van der Waals surface area contributed by atoms with Crippen LogP contribution >= 0.6 is 12.2 Å². The summed E-state index contributed by atoms with van der Waals surface area (Å²) in [4.78, 5) is 4.08. The molecular formula is C19H17N5S. The molecule has 4 aromatic rings. The van der Waals surface area contributed by atoms with E-state index in [1.165, 1.54) is 5.56 Å². The number of aryl methyl sites for hydroxylation is 1. The highest BCUT2D eigenvalue weighted by molar-refractivity contribution is 7.71. The van der Waals surface area contributed by atoms with Crippen LogP contribution in [0.1, 0.15) is 12.5 Å². The molecule has 0 spiro atoms. The number of aromatic amines is 1. The summed E-state index contributed by atoms with van der Waals surface area (Å²) in [6.07, 6.45) is 6.44. The third-order valence-electron chi connectivity index (χ3n) is 4.18. The Bertz CT molecular complexity index is 1040. The van der Waals surface area contributed by atoms with Gasteiger partial charge in [0.15, 0.2) is 10.6 Å². The van der Waals surface area contributed by atoms with E-state index in [0.717, 1.165) is 29.2 Å². The van der Waals surface area contributed by atoms with Crippen LogP contribution in [-0.4, -0.2) is 24.3 Å². The van der Waals surface area contributed by atoms with Gasteiger partial charge in [-0.15, -0.1) is 0 Å². The molecule has 0 aliphatic heterocycles. The zero-order valence-electron chi connectivity index (χ0n) is 13.8. The van der Waals surface area contributed by atoms with Gasteiger partial charge in [0.2, 0.25) is 0 Å². The number of nitrogens with zero attached hydrogens (tertiary/aromatic N) is 4. The lowest BCUT2D eigenvalue weighted by Gasteiger charge is -2.09. The molecule has 0 amide bonds. The number of H-pyrrole nitrogens is 1. The number of benzene rings is 2. The summed E-state index contributed by atoms with van der Waals surface area (Å²) in [6, 6.07) is 16.5. The van der Waals surface area contributed by atoms with E-state index in [9.17, 15) is 0 Å². The first kappa shape index (κ1) is 15.5. The SMILES string of the molecule is CCc1cccc(-c2n[nH]c(=S)n2-c2ccc(-n3ccnc3)cc2)c1. The number of rotatable bonds is 4. The second-order valence-electron chi connectivity index (χ2n) is 5.73. The molecule has 0 unspecified atom stereocenters. The zero-order valence-corrected chi connectivity index (χ0v) is 14.6. The molecule has 124 valence electrons. The summed E-state index contributed by atoms with van der Waals surface area (Å²) in [6.45, 7) is 2.14. The highest BCUT2D eigenvalue weighted by Crippen LogP contribution is 2.23. The molecule has 6 heteroatoms. The Morgan fingerprint density at radius 1 is 1.08 bits per heavy atom. The maximum Gasteiger partial charge on any atom is 0.200 e. The van der Waals surface area contributed by atoms with Crippen LogP contribution in [0.25, 0.3) is 22.8 Å². The number of nitrogens with one attached hydrogen (secondary N) is 1.